The molecule has 2 aliphatic rings. The number of alkyl halides is 6. The average Bonchev–Trinajstić information content (AvgIpc) is 3.06. The fourth-order valence-electron chi connectivity index (χ4n) is 5.22. The van der Waals surface area contributed by atoms with Crippen LogP contribution in [0.2, 0.25) is 0 Å². The molecule has 4 aromatic rings. The van der Waals surface area contributed by atoms with Crippen molar-refractivity contribution in [2.45, 2.75) is 55.0 Å². The van der Waals surface area contributed by atoms with E-state index < -0.39 is 23.9 Å². The Morgan fingerprint density at radius 2 is 1.63 bits per heavy atom. The molecule has 1 amide bonds. The number of carboxylic acids is 1. The van der Waals surface area contributed by atoms with Crippen molar-refractivity contribution in [1.29, 1.82) is 0 Å². The molecule has 0 spiro atoms. The first kappa shape index (κ1) is 37.3. The molecule has 2 heterocycles. The molecule has 9 nitrogen and oxygen atoms in total. The Bertz CT molecular complexity index is 1920. The number of hydrogen-bond donors (Lipinski definition) is 1. The lowest BCUT2D eigenvalue weighted by Gasteiger charge is -2.31. The first-order valence-electron chi connectivity index (χ1n) is 15.7. The Balaban J connectivity index is 0.000000654. The number of benzene rings is 3. The zero-order valence-electron chi connectivity index (χ0n) is 27.1. The molecule has 0 saturated heterocycles. The highest BCUT2D eigenvalue weighted by molar-refractivity contribution is 7.99. The number of nitrogens with zero attached hydrogens (tertiary/aromatic N) is 4. The molecule has 1 aromatic heterocycles. The van der Waals surface area contributed by atoms with Gasteiger partial charge < -0.3 is 19.6 Å². The number of carbonyl (C=O) groups excluding carboxylic acids is 1. The zero-order valence-corrected chi connectivity index (χ0v) is 27.9. The van der Waals surface area contributed by atoms with Crippen molar-refractivity contribution in [1.82, 2.24) is 14.5 Å². The van der Waals surface area contributed by atoms with Crippen LogP contribution >= 0.6 is 11.8 Å². The molecular formula is C35H32F6N4O5S. The molecule has 3 aromatic carbocycles. The number of para-hydroxylation sites is 1. The summed E-state index contributed by atoms with van der Waals surface area (Å²) in [7, 11) is 1.78. The summed E-state index contributed by atoms with van der Waals surface area (Å²) < 4.78 is 78.1. The van der Waals surface area contributed by atoms with Gasteiger partial charge in [0.15, 0.2) is 5.16 Å². The fourth-order valence-corrected chi connectivity index (χ4v) is 6.55. The molecule has 1 saturated carbocycles. The van der Waals surface area contributed by atoms with Crippen molar-refractivity contribution >= 4 is 29.3 Å². The van der Waals surface area contributed by atoms with E-state index in [0.717, 1.165) is 42.0 Å². The normalized spacial score (nSPS) is 14.5. The predicted octanol–water partition coefficient (Wildman–Crippen LogP) is 7.34. The quantitative estimate of drug-likeness (QED) is 0.148. The van der Waals surface area contributed by atoms with Crippen LogP contribution in [0.1, 0.15) is 36.1 Å². The summed E-state index contributed by atoms with van der Waals surface area (Å²) in [5.41, 5.74) is 1.89. The number of likely N-dealkylation sites (N-methyl/N-ethyl adjacent to an activating group) is 1. The van der Waals surface area contributed by atoms with Crippen LogP contribution in [-0.4, -0.2) is 63.0 Å². The number of ether oxygens (including phenoxy) is 1. The van der Waals surface area contributed by atoms with E-state index in [4.69, 9.17) is 19.6 Å². The number of carbonyl (C=O) groups is 2. The van der Waals surface area contributed by atoms with Gasteiger partial charge in [-0.1, -0.05) is 42.4 Å². The lowest BCUT2D eigenvalue weighted by Crippen LogP contribution is -2.44. The highest BCUT2D eigenvalue weighted by Crippen LogP contribution is 2.37. The molecule has 0 unspecified atom stereocenters. The summed E-state index contributed by atoms with van der Waals surface area (Å²) >= 11 is 1.67. The van der Waals surface area contributed by atoms with Gasteiger partial charge in [-0.3, -0.25) is 14.2 Å². The van der Waals surface area contributed by atoms with Crippen molar-refractivity contribution in [3.8, 4) is 17.2 Å². The molecular weight excluding hydrogens is 702 g/mol. The number of anilines is 1. The molecule has 16 heteroatoms. The summed E-state index contributed by atoms with van der Waals surface area (Å²) in [6, 6.07) is 21.0. The van der Waals surface area contributed by atoms with Crippen LogP contribution in [0.15, 0.2) is 88.8 Å². The lowest BCUT2D eigenvalue weighted by atomic mass is 10.0. The molecule has 0 bridgehead atoms. The number of thioether (sulfide) groups is 1. The predicted molar refractivity (Wildman–Crippen MR) is 177 cm³/mol. The number of carboxylic acid groups (broad SMARTS) is 1. The Labute approximate surface area is 292 Å². The van der Waals surface area contributed by atoms with Crippen molar-refractivity contribution in [3.63, 3.8) is 0 Å². The average molecular weight is 735 g/mol. The highest BCUT2D eigenvalue weighted by atomic mass is 32.2. The van der Waals surface area contributed by atoms with Crippen LogP contribution < -0.4 is 15.2 Å². The largest absolute Gasteiger partial charge is 0.490 e. The summed E-state index contributed by atoms with van der Waals surface area (Å²) in [4.78, 5) is 44.5. The van der Waals surface area contributed by atoms with Crippen molar-refractivity contribution in [2.24, 2.45) is 0 Å². The number of rotatable bonds is 8. The topological polar surface area (TPSA) is 105 Å². The van der Waals surface area contributed by atoms with Gasteiger partial charge >= 0.3 is 18.3 Å². The van der Waals surface area contributed by atoms with Crippen molar-refractivity contribution < 1.29 is 45.8 Å². The number of amides is 1. The molecule has 51 heavy (non-hydrogen) atoms. The van der Waals surface area contributed by atoms with E-state index in [0.29, 0.717) is 34.7 Å². The Morgan fingerprint density at radius 1 is 0.961 bits per heavy atom. The van der Waals surface area contributed by atoms with Gasteiger partial charge in [-0.05, 0) is 67.4 Å². The van der Waals surface area contributed by atoms with E-state index >= 15 is 0 Å². The molecule has 1 aliphatic heterocycles. The van der Waals surface area contributed by atoms with Gasteiger partial charge in [0, 0.05) is 31.0 Å². The lowest BCUT2D eigenvalue weighted by molar-refractivity contribution is -0.192. The van der Waals surface area contributed by atoms with Crippen LogP contribution in [0.4, 0.5) is 32.0 Å². The molecule has 0 radical (unpaired) electrons. The van der Waals surface area contributed by atoms with Crippen LogP contribution in [0, 0.1) is 0 Å². The van der Waals surface area contributed by atoms with E-state index in [2.05, 4.69) is 0 Å². The van der Waals surface area contributed by atoms with E-state index in [1.165, 1.54) is 18.6 Å². The third kappa shape index (κ3) is 9.42. The maximum Gasteiger partial charge on any atom is 0.490 e. The van der Waals surface area contributed by atoms with Gasteiger partial charge in [0.25, 0.3) is 5.56 Å². The molecule has 270 valence electrons. The number of fused-ring (bicyclic) bond motifs is 1. The number of aliphatic carboxylic acids is 1. The monoisotopic (exact) mass is 734 g/mol. The SMILES string of the molecule is CN(CC(=O)N1CCc2nc(SC3CCC3)n(-c3ccccc3)c(=O)c2C1)c1ccc(Oc2cccc(C(F)(F)F)c2)cc1.O=C(O)C(F)(F)F. The molecule has 6 rings (SSSR count). The van der Waals surface area contributed by atoms with Crippen molar-refractivity contribution in [3.05, 3.63) is 106 Å². The Hall–Kier alpha value is -4.99. The molecule has 1 fully saturated rings. The van der Waals surface area contributed by atoms with Crippen LogP contribution in [0.25, 0.3) is 5.69 Å². The van der Waals surface area contributed by atoms with Gasteiger partial charge in [0.2, 0.25) is 5.91 Å². The van der Waals surface area contributed by atoms with Gasteiger partial charge in [0.05, 0.1) is 35.6 Å². The minimum atomic E-state index is -5.08. The summed E-state index contributed by atoms with van der Waals surface area (Å²) in [5, 5.41) is 8.30. The third-order valence-corrected chi connectivity index (χ3v) is 9.47. The zero-order chi connectivity index (χ0) is 36.9. The van der Waals surface area contributed by atoms with E-state index in [9.17, 15) is 35.9 Å². The summed E-state index contributed by atoms with van der Waals surface area (Å²) in [6.07, 6.45) is -5.60. The highest BCUT2D eigenvalue weighted by Gasteiger charge is 2.38. The first-order chi connectivity index (χ1) is 24.1. The Kier molecular flexibility index (Phi) is 11.3. The fraction of sp³-hybridized carbons (Fsp3) is 0.314. The number of aromatic nitrogens is 2. The van der Waals surface area contributed by atoms with Crippen LogP contribution in [0.3, 0.4) is 0 Å². The number of halogens is 6. The standard InChI is InChI=1S/C33H31F3N4O3S.C2HF3O2/c1-38(23-13-15-25(16-14-23)43-26-10-5-7-22(19-26)33(34,35)36)21-30(41)39-18-17-29-28(20-39)31(42)40(24-8-3-2-4-9-24)32(37-29)44-27-11-6-12-27;3-2(4,5)1(6)7/h2-5,7-10,13-16,19,27H,6,11-12,17-18,20-21H2,1H3;(H,6,7). The van der Waals surface area contributed by atoms with Gasteiger partial charge in [-0.15, -0.1) is 0 Å². The minimum absolute atomic E-state index is 0.0797. The summed E-state index contributed by atoms with van der Waals surface area (Å²) in [6.45, 7) is 0.747. The molecule has 1 aliphatic carbocycles. The third-order valence-electron chi connectivity index (χ3n) is 8.18. The molecule has 0 atom stereocenters. The number of hydrogen-bond acceptors (Lipinski definition) is 7. The van der Waals surface area contributed by atoms with Crippen LogP contribution in [-0.2, 0) is 28.7 Å². The smallest absolute Gasteiger partial charge is 0.475 e. The van der Waals surface area contributed by atoms with Gasteiger partial charge in [0.1, 0.15) is 11.5 Å². The maximum absolute atomic E-state index is 13.9. The van der Waals surface area contributed by atoms with Gasteiger partial charge in [-0.2, -0.15) is 26.3 Å². The second-order valence-corrected chi connectivity index (χ2v) is 13.1. The maximum atomic E-state index is 13.9. The minimum Gasteiger partial charge on any atom is -0.475 e. The summed E-state index contributed by atoms with van der Waals surface area (Å²) in [5.74, 6) is -2.43. The first-order valence-corrected chi connectivity index (χ1v) is 16.6. The second-order valence-electron chi connectivity index (χ2n) is 11.8. The molecule has 1 N–H and O–H groups in total. The van der Waals surface area contributed by atoms with E-state index in [1.807, 2.05) is 30.3 Å². The Morgan fingerprint density at radius 3 is 2.22 bits per heavy atom. The van der Waals surface area contributed by atoms with Gasteiger partial charge in [-0.25, -0.2) is 9.78 Å². The van der Waals surface area contributed by atoms with Crippen LogP contribution in [0.5, 0.6) is 11.5 Å². The second kappa shape index (κ2) is 15.5. The van der Waals surface area contributed by atoms with E-state index in [-0.39, 0.29) is 30.3 Å². The van der Waals surface area contributed by atoms with E-state index in [1.54, 1.807) is 57.4 Å². The van der Waals surface area contributed by atoms with Crippen molar-refractivity contribution in [2.75, 3.05) is 25.0 Å².